The molecule has 1 aromatic carbocycles. The minimum absolute atomic E-state index is 0.0840. The molecule has 0 saturated carbocycles. The van der Waals surface area contributed by atoms with Gasteiger partial charge in [0.2, 0.25) is 6.54 Å². The summed E-state index contributed by atoms with van der Waals surface area (Å²) in [5.74, 6) is -0.892. The summed E-state index contributed by atoms with van der Waals surface area (Å²) in [6, 6.07) is 9.44. The second kappa shape index (κ2) is 17.2. The van der Waals surface area contributed by atoms with E-state index in [0.29, 0.717) is 13.2 Å². The van der Waals surface area contributed by atoms with Gasteiger partial charge in [-0.25, -0.2) is 9.59 Å². The Hall–Kier alpha value is -3.22. The van der Waals surface area contributed by atoms with Gasteiger partial charge < -0.3 is 9.47 Å². The predicted molar refractivity (Wildman–Crippen MR) is 110 cm³/mol. The molecular weight excluding hydrogens is 362 g/mol. The van der Waals surface area contributed by atoms with E-state index in [1.165, 1.54) is 0 Å². The minimum atomic E-state index is -0.359. The number of esters is 2. The molecule has 0 N–H and O–H groups in total. The van der Waals surface area contributed by atoms with E-state index in [1.54, 1.807) is 13.8 Å². The number of carbonyl (C=O) groups excluding carboxylic acids is 2. The molecule has 7 heteroatoms. The maximum absolute atomic E-state index is 10.5. The van der Waals surface area contributed by atoms with Gasteiger partial charge >= 0.3 is 11.9 Å². The lowest BCUT2D eigenvalue weighted by atomic mass is 9.93. The molecule has 0 saturated heterocycles. The van der Waals surface area contributed by atoms with Crippen molar-refractivity contribution < 1.29 is 24.0 Å². The Kier molecular flexibility index (Phi) is 16.6. The lowest BCUT2D eigenvalue weighted by molar-refractivity contribution is -0.482. The smallest absolute Gasteiger partial charge is 0.330 e. The molecule has 1 unspecified atom stereocenters. The van der Waals surface area contributed by atoms with Crippen molar-refractivity contribution in [2.75, 3.05) is 19.8 Å². The minimum Gasteiger partial charge on any atom is -0.463 e. The van der Waals surface area contributed by atoms with E-state index < -0.39 is 0 Å². The van der Waals surface area contributed by atoms with Crippen LogP contribution in [0.25, 0.3) is 0 Å². The van der Waals surface area contributed by atoms with Crippen molar-refractivity contribution >= 4 is 11.9 Å². The van der Waals surface area contributed by atoms with Gasteiger partial charge in [-0.2, -0.15) is 0 Å². The first-order chi connectivity index (χ1) is 13.2. The highest BCUT2D eigenvalue weighted by atomic mass is 16.6. The molecule has 0 aromatic heterocycles. The van der Waals surface area contributed by atoms with E-state index in [-0.39, 0.29) is 29.3 Å². The van der Waals surface area contributed by atoms with E-state index >= 15 is 0 Å². The number of hydrogen-bond donors (Lipinski definition) is 0. The van der Waals surface area contributed by atoms with Crippen LogP contribution in [0.3, 0.4) is 0 Å². The van der Waals surface area contributed by atoms with Crippen LogP contribution in [0.4, 0.5) is 0 Å². The van der Waals surface area contributed by atoms with Crippen LogP contribution < -0.4 is 0 Å². The first kappa shape index (κ1) is 27.0. The second-order valence-electron chi connectivity index (χ2n) is 5.24. The molecule has 0 spiro atoms. The van der Waals surface area contributed by atoms with E-state index in [1.807, 2.05) is 37.3 Å². The molecule has 0 aliphatic carbocycles. The van der Waals surface area contributed by atoms with Gasteiger partial charge in [-0.15, -0.1) is 0 Å². The number of benzene rings is 1. The highest BCUT2D eigenvalue weighted by Gasteiger charge is 2.17. The topological polar surface area (TPSA) is 95.7 Å². The van der Waals surface area contributed by atoms with Gasteiger partial charge in [0, 0.05) is 17.1 Å². The summed E-state index contributed by atoms with van der Waals surface area (Å²) < 4.78 is 8.87. The normalized spacial score (nSPS) is 9.82. The van der Waals surface area contributed by atoms with Crippen LogP contribution in [0.2, 0.25) is 0 Å². The van der Waals surface area contributed by atoms with Crippen molar-refractivity contribution in [3.05, 3.63) is 83.5 Å². The summed E-state index contributed by atoms with van der Waals surface area (Å²) >= 11 is 0. The molecule has 1 atom stereocenters. The first-order valence-corrected chi connectivity index (χ1v) is 8.63. The fourth-order valence-corrected chi connectivity index (χ4v) is 1.78. The Morgan fingerprint density at radius 3 is 1.75 bits per heavy atom. The quantitative estimate of drug-likeness (QED) is 0.218. The average molecular weight is 391 g/mol. The molecule has 28 heavy (non-hydrogen) atoms. The molecule has 154 valence electrons. The number of hydrogen-bond acceptors (Lipinski definition) is 6. The van der Waals surface area contributed by atoms with Crippen LogP contribution in [-0.2, 0) is 19.1 Å². The zero-order valence-electron chi connectivity index (χ0n) is 16.8. The van der Waals surface area contributed by atoms with Crippen molar-refractivity contribution in [1.82, 2.24) is 0 Å². The van der Waals surface area contributed by atoms with Gasteiger partial charge in [0.05, 0.1) is 19.1 Å². The third kappa shape index (κ3) is 15.1. The Bertz CT molecular complexity index is 618. The zero-order valence-corrected chi connectivity index (χ0v) is 16.8. The lowest BCUT2D eigenvalue weighted by Crippen LogP contribution is -2.13. The van der Waals surface area contributed by atoms with Crippen molar-refractivity contribution in [2.24, 2.45) is 0 Å². The number of nitrogens with zero attached hydrogens (tertiary/aromatic N) is 1. The molecule has 1 rings (SSSR count). The highest BCUT2D eigenvalue weighted by Crippen LogP contribution is 2.22. The SMILES string of the molecule is C=C(C)C(C[N+](=O)[O-])c1ccccc1.C=CC(=O)OCC.C=CC(=O)OCC. The highest BCUT2D eigenvalue weighted by molar-refractivity contribution is 5.81. The van der Waals surface area contributed by atoms with Crippen molar-refractivity contribution in [2.45, 2.75) is 26.7 Å². The van der Waals surface area contributed by atoms with Gasteiger partial charge in [-0.05, 0) is 26.3 Å². The van der Waals surface area contributed by atoms with Gasteiger partial charge in [0.1, 0.15) is 0 Å². The van der Waals surface area contributed by atoms with Crippen molar-refractivity contribution in [3.8, 4) is 0 Å². The summed E-state index contributed by atoms with van der Waals surface area (Å²) in [6.07, 6.45) is 2.28. The summed E-state index contributed by atoms with van der Waals surface area (Å²) in [5, 5.41) is 10.5. The molecule has 0 radical (unpaired) electrons. The molecule has 0 amide bonds. The van der Waals surface area contributed by atoms with Gasteiger partial charge in [0.15, 0.2) is 0 Å². The standard InChI is InChI=1S/C11H13NO2.2C5H8O2/c1-9(2)11(8-12(13)14)10-6-4-3-5-7-10;2*1-3-5(6)7-4-2/h3-7,11H,1,8H2,2H3;2*3H,1,4H2,2H3. The van der Waals surface area contributed by atoms with Gasteiger partial charge in [-0.1, -0.05) is 55.6 Å². The van der Waals surface area contributed by atoms with Gasteiger partial charge in [0.25, 0.3) is 0 Å². The van der Waals surface area contributed by atoms with Crippen molar-refractivity contribution in [1.29, 1.82) is 0 Å². The van der Waals surface area contributed by atoms with Crippen LogP contribution >= 0.6 is 0 Å². The second-order valence-corrected chi connectivity index (χ2v) is 5.24. The van der Waals surface area contributed by atoms with E-state index in [4.69, 9.17) is 0 Å². The number of ether oxygens (including phenoxy) is 2. The number of carbonyl (C=O) groups is 2. The Morgan fingerprint density at radius 2 is 1.50 bits per heavy atom. The molecule has 0 aliphatic heterocycles. The average Bonchev–Trinajstić information content (AvgIpc) is 2.67. The van der Waals surface area contributed by atoms with E-state index in [0.717, 1.165) is 23.3 Å². The Morgan fingerprint density at radius 1 is 1.07 bits per heavy atom. The molecule has 0 fully saturated rings. The molecular formula is C21H29NO6. The molecule has 7 nitrogen and oxygen atoms in total. The van der Waals surface area contributed by atoms with Gasteiger partial charge in [-0.3, -0.25) is 10.1 Å². The van der Waals surface area contributed by atoms with Crippen molar-refractivity contribution in [3.63, 3.8) is 0 Å². The van der Waals surface area contributed by atoms with E-state index in [9.17, 15) is 19.7 Å². The predicted octanol–water partition coefficient (Wildman–Crippen LogP) is 4.09. The first-order valence-electron chi connectivity index (χ1n) is 8.63. The fraction of sp³-hybridized carbons (Fsp3) is 0.333. The van der Waals surface area contributed by atoms with Crippen LogP contribution in [0.15, 0.2) is 67.8 Å². The summed E-state index contributed by atoms with van der Waals surface area (Å²) in [7, 11) is 0. The molecule has 0 aliphatic rings. The van der Waals surface area contributed by atoms with Crippen LogP contribution in [0.5, 0.6) is 0 Å². The van der Waals surface area contributed by atoms with Crippen LogP contribution in [-0.4, -0.2) is 36.6 Å². The largest absolute Gasteiger partial charge is 0.463 e. The maximum Gasteiger partial charge on any atom is 0.330 e. The van der Waals surface area contributed by atoms with Crippen LogP contribution in [0.1, 0.15) is 32.3 Å². The number of rotatable bonds is 8. The fourth-order valence-electron chi connectivity index (χ4n) is 1.78. The Labute approximate surface area is 166 Å². The molecule has 1 aromatic rings. The lowest BCUT2D eigenvalue weighted by Gasteiger charge is -2.12. The van der Waals surface area contributed by atoms with Crippen LogP contribution in [0, 0.1) is 10.1 Å². The summed E-state index contributed by atoms with van der Waals surface area (Å²) in [4.78, 5) is 30.3. The number of nitro groups is 1. The third-order valence-electron chi connectivity index (χ3n) is 3.03. The van der Waals surface area contributed by atoms with E-state index in [2.05, 4.69) is 29.2 Å². The monoisotopic (exact) mass is 391 g/mol. The molecule has 0 bridgehead atoms. The maximum atomic E-state index is 10.5. The zero-order chi connectivity index (χ0) is 21.9. The summed E-state index contributed by atoms with van der Waals surface area (Å²) in [6.45, 7) is 16.3. The Balaban J connectivity index is 0. The summed E-state index contributed by atoms with van der Waals surface area (Å²) in [5.41, 5.74) is 1.78. The molecule has 0 heterocycles. The third-order valence-corrected chi connectivity index (χ3v) is 3.03.